The third-order valence-corrected chi connectivity index (χ3v) is 3.38. The number of carbonyl (C=O) groups excluding carboxylic acids is 1. The Balaban J connectivity index is 1.72. The highest BCUT2D eigenvalue weighted by Gasteiger charge is 2.07. The molecule has 0 spiro atoms. The summed E-state index contributed by atoms with van der Waals surface area (Å²) < 4.78 is 15.4. The summed E-state index contributed by atoms with van der Waals surface area (Å²) in [4.78, 5) is 15.7. The quantitative estimate of drug-likeness (QED) is 0.744. The van der Waals surface area contributed by atoms with Crippen LogP contribution in [0.2, 0.25) is 0 Å². The Morgan fingerprint density at radius 1 is 1.28 bits per heavy atom. The van der Waals surface area contributed by atoms with Gasteiger partial charge in [-0.25, -0.2) is 14.1 Å². The maximum absolute atomic E-state index is 14.1. The first kappa shape index (κ1) is 16.1. The molecule has 0 saturated heterocycles. The van der Waals surface area contributed by atoms with E-state index in [0.29, 0.717) is 16.8 Å². The fourth-order valence-corrected chi connectivity index (χ4v) is 2.20. The Kier molecular flexibility index (Phi) is 4.62. The number of benzene rings is 2. The topological polar surface area (TPSA) is 83.6 Å². The highest BCUT2D eigenvalue weighted by molar-refractivity contribution is 6.02. The van der Waals surface area contributed by atoms with Gasteiger partial charge >= 0.3 is 0 Å². The van der Waals surface area contributed by atoms with E-state index in [2.05, 4.69) is 21.5 Å². The first-order valence-electron chi connectivity index (χ1n) is 7.30. The van der Waals surface area contributed by atoms with Gasteiger partial charge in [-0.3, -0.25) is 4.79 Å². The average molecular weight is 333 g/mol. The molecule has 1 aromatic heterocycles. The molecule has 3 aromatic rings. The molecule has 0 aliphatic heterocycles. The van der Waals surface area contributed by atoms with Crippen LogP contribution in [0.3, 0.4) is 0 Å². The molecule has 0 radical (unpaired) electrons. The van der Waals surface area contributed by atoms with Crippen LogP contribution >= 0.6 is 0 Å². The van der Waals surface area contributed by atoms with Gasteiger partial charge in [-0.15, -0.1) is 0 Å². The lowest BCUT2D eigenvalue weighted by Crippen LogP contribution is -2.08. The van der Waals surface area contributed by atoms with E-state index >= 15 is 0 Å². The highest BCUT2D eigenvalue weighted by Crippen LogP contribution is 2.17. The molecule has 1 N–H and O–H groups in total. The molecule has 1 amide bonds. The van der Waals surface area contributed by atoms with Crippen molar-refractivity contribution in [3.63, 3.8) is 0 Å². The van der Waals surface area contributed by atoms with E-state index in [0.717, 1.165) is 0 Å². The second-order valence-corrected chi connectivity index (χ2v) is 5.03. The molecule has 25 heavy (non-hydrogen) atoms. The van der Waals surface area contributed by atoms with E-state index in [9.17, 15) is 9.18 Å². The van der Waals surface area contributed by atoms with Gasteiger partial charge in [-0.05, 0) is 35.9 Å². The van der Waals surface area contributed by atoms with Crippen LogP contribution in [-0.4, -0.2) is 20.7 Å². The minimum Gasteiger partial charge on any atom is -0.322 e. The van der Waals surface area contributed by atoms with E-state index in [1.54, 1.807) is 30.3 Å². The van der Waals surface area contributed by atoms with Crippen molar-refractivity contribution in [3.8, 4) is 11.8 Å². The van der Waals surface area contributed by atoms with E-state index in [1.807, 2.05) is 0 Å². The van der Waals surface area contributed by atoms with Crippen molar-refractivity contribution in [2.75, 3.05) is 5.32 Å². The van der Waals surface area contributed by atoms with Gasteiger partial charge in [0.2, 0.25) is 5.91 Å². The van der Waals surface area contributed by atoms with Crippen LogP contribution in [0.15, 0.2) is 61.2 Å². The van der Waals surface area contributed by atoms with E-state index in [-0.39, 0.29) is 5.69 Å². The summed E-state index contributed by atoms with van der Waals surface area (Å²) in [7, 11) is 0. The molecule has 0 bridgehead atoms. The molecular formula is C18H12FN5O. The molecule has 122 valence electrons. The van der Waals surface area contributed by atoms with Crippen molar-refractivity contribution in [1.82, 2.24) is 14.8 Å². The van der Waals surface area contributed by atoms with Crippen LogP contribution in [0.25, 0.3) is 11.8 Å². The number of nitriles is 1. The summed E-state index contributed by atoms with van der Waals surface area (Å²) in [6, 6.07) is 13.2. The Labute approximate surface area is 142 Å². The van der Waals surface area contributed by atoms with Crippen LogP contribution in [0.1, 0.15) is 11.1 Å². The van der Waals surface area contributed by atoms with Crippen molar-refractivity contribution in [2.24, 2.45) is 0 Å². The molecule has 0 fully saturated rings. The lowest BCUT2D eigenvalue weighted by Gasteiger charge is -2.06. The standard InChI is InChI=1S/C18H12FN5O/c19-16-9-15(6-7-17(16)24-12-21-11-22-24)23-18(25)8-5-13-3-1-2-4-14(13)10-20/h1-9,11-12H,(H,23,25)/b8-5+. The van der Waals surface area contributed by atoms with Crippen molar-refractivity contribution < 1.29 is 9.18 Å². The molecule has 3 rings (SSSR count). The molecule has 0 aliphatic carbocycles. The summed E-state index contributed by atoms with van der Waals surface area (Å²) in [5.74, 6) is -0.970. The first-order chi connectivity index (χ1) is 12.2. The van der Waals surface area contributed by atoms with Crippen molar-refractivity contribution in [2.45, 2.75) is 0 Å². The zero-order valence-electron chi connectivity index (χ0n) is 12.9. The predicted molar refractivity (Wildman–Crippen MR) is 90.1 cm³/mol. The summed E-state index contributed by atoms with van der Waals surface area (Å²) in [6.45, 7) is 0. The van der Waals surface area contributed by atoms with Crippen molar-refractivity contribution in [3.05, 3.63) is 78.1 Å². The number of nitrogens with one attached hydrogen (secondary N) is 1. The predicted octanol–water partition coefficient (Wildman–Crippen LogP) is 2.93. The fourth-order valence-electron chi connectivity index (χ4n) is 2.20. The number of amides is 1. The first-order valence-corrected chi connectivity index (χ1v) is 7.30. The largest absolute Gasteiger partial charge is 0.322 e. The van der Waals surface area contributed by atoms with Crippen molar-refractivity contribution in [1.29, 1.82) is 5.26 Å². The van der Waals surface area contributed by atoms with Gasteiger partial charge in [0.1, 0.15) is 18.3 Å². The summed E-state index contributed by atoms with van der Waals surface area (Å²) in [5, 5.41) is 15.4. The molecule has 0 saturated carbocycles. The molecular weight excluding hydrogens is 321 g/mol. The molecule has 2 aromatic carbocycles. The van der Waals surface area contributed by atoms with Gasteiger partial charge < -0.3 is 5.32 Å². The van der Waals surface area contributed by atoms with Gasteiger partial charge in [0.15, 0.2) is 5.82 Å². The molecule has 0 atom stereocenters. The summed E-state index contributed by atoms with van der Waals surface area (Å²) in [5.41, 5.74) is 1.64. The Hall–Kier alpha value is -3.79. The minimum absolute atomic E-state index is 0.231. The number of carbonyl (C=O) groups is 1. The monoisotopic (exact) mass is 333 g/mol. The zero-order valence-corrected chi connectivity index (χ0v) is 12.9. The molecule has 0 unspecified atom stereocenters. The lowest BCUT2D eigenvalue weighted by molar-refractivity contribution is -0.111. The number of aromatic nitrogens is 3. The van der Waals surface area contributed by atoms with Crippen LogP contribution in [-0.2, 0) is 4.79 Å². The number of anilines is 1. The third-order valence-electron chi connectivity index (χ3n) is 3.38. The van der Waals surface area contributed by atoms with Gasteiger partial charge in [-0.1, -0.05) is 18.2 Å². The highest BCUT2D eigenvalue weighted by atomic mass is 19.1. The Bertz CT molecular complexity index is 973. The molecule has 7 heteroatoms. The molecule has 6 nitrogen and oxygen atoms in total. The van der Waals surface area contributed by atoms with Gasteiger partial charge in [0.25, 0.3) is 0 Å². The van der Waals surface area contributed by atoms with E-state index in [1.165, 1.54) is 41.6 Å². The van der Waals surface area contributed by atoms with Gasteiger partial charge in [-0.2, -0.15) is 10.4 Å². The van der Waals surface area contributed by atoms with Crippen LogP contribution in [0.4, 0.5) is 10.1 Å². The fraction of sp³-hybridized carbons (Fsp3) is 0. The van der Waals surface area contributed by atoms with E-state index < -0.39 is 11.7 Å². The van der Waals surface area contributed by atoms with Crippen LogP contribution in [0.5, 0.6) is 0 Å². The van der Waals surface area contributed by atoms with Crippen LogP contribution < -0.4 is 5.32 Å². The number of rotatable bonds is 4. The maximum Gasteiger partial charge on any atom is 0.248 e. The van der Waals surface area contributed by atoms with Crippen LogP contribution in [0, 0.1) is 17.1 Å². The number of hydrogen-bond donors (Lipinski definition) is 1. The summed E-state index contributed by atoms with van der Waals surface area (Å²) in [6.07, 6.45) is 5.51. The van der Waals surface area contributed by atoms with Gasteiger partial charge in [0.05, 0.1) is 11.6 Å². The maximum atomic E-state index is 14.1. The molecule has 1 heterocycles. The smallest absolute Gasteiger partial charge is 0.248 e. The third kappa shape index (κ3) is 3.76. The normalized spacial score (nSPS) is 10.6. The lowest BCUT2D eigenvalue weighted by atomic mass is 10.1. The Morgan fingerprint density at radius 2 is 2.12 bits per heavy atom. The Morgan fingerprint density at radius 3 is 2.84 bits per heavy atom. The van der Waals surface area contributed by atoms with E-state index in [4.69, 9.17) is 5.26 Å². The second-order valence-electron chi connectivity index (χ2n) is 5.03. The van der Waals surface area contributed by atoms with Gasteiger partial charge in [0, 0.05) is 11.8 Å². The summed E-state index contributed by atoms with van der Waals surface area (Å²) >= 11 is 0. The zero-order chi connectivity index (χ0) is 17.6. The second kappa shape index (κ2) is 7.19. The number of nitrogens with zero attached hydrogens (tertiary/aromatic N) is 4. The number of halogens is 1. The van der Waals surface area contributed by atoms with Crippen molar-refractivity contribution >= 4 is 17.7 Å². The minimum atomic E-state index is -0.540. The SMILES string of the molecule is N#Cc1ccccc1/C=C/C(=O)Nc1ccc(-n2cncn2)c(F)c1. The molecule has 0 aliphatic rings. The number of hydrogen-bond acceptors (Lipinski definition) is 4. The average Bonchev–Trinajstić information content (AvgIpc) is 3.14.